The molecule has 22 heavy (non-hydrogen) atoms. The summed E-state index contributed by atoms with van der Waals surface area (Å²) < 4.78 is 5.61. The van der Waals surface area contributed by atoms with Crippen LogP contribution in [0.3, 0.4) is 0 Å². The van der Waals surface area contributed by atoms with Crippen molar-refractivity contribution in [3.63, 3.8) is 0 Å². The van der Waals surface area contributed by atoms with Gasteiger partial charge in [-0.25, -0.2) is 4.98 Å². The maximum absolute atomic E-state index is 6.16. The SMILES string of the molecule is CCOc1nc(C2CCCCC2)nc(NCCN(C)C)c1N. The summed E-state index contributed by atoms with van der Waals surface area (Å²) in [6, 6.07) is 0. The van der Waals surface area contributed by atoms with Crippen molar-refractivity contribution in [2.45, 2.75) is 44.9 Å². The normalized spacial score (nSPS) is 16.0. The molecule has 1 aliphatic rings. The van der Waals surface area contributed by atoms with E-state index in [2.05, 4.69) is 20.2 Å². The van der Waals surface area contributed by atoms with E-state index in [4.69, 9.17) is 10.5 Å². The van der Waals surface area contributed by atoms with E-state index in [1.165, 1.54) is 19.3 Å². The molecule has 0 unspecified atom stereocenters. The Kier molecular flexibility index (Phi) is 6.24. The van der Waals surface area contributed by atoms with Crippen molar-refractivity contribution in [1.82, 2.24) is 14.9 Å². The van der Waals surface area contributed by atoms with Gasteiger partial charge in [-0.15, -0.1) is 0 Å². The van der Waals surface area contributed by atoms with E-state index in [-0.39, 0.29) is 0 Å². The fraction of sp³-hybridized carbons (Fsp3) is 0.750. The third-order valence-electron chi connectivity index (χ3n) is 4.03. The van der Waals surface area contributed by atoms with Crippen LogP contribution in [0.4, 0.5) is 11.5 Å². The number of anilines is 2. The molecule has 1 heterocycles. The molecule has 0 bridgehead atoms. The van der Waals surface area contributed by atoms with E-state index in [0.717, 1.165) is 31.8 Å². The second-order valence-electron chi connectivity index (χ2n) is 6.15. The predicted octanol–water partition coefficient (Wildman–Crippen LogP) is 2.48. The van der Waals surface area contributed by atoms with Crippen molar-refractivity contribution in [3.8, 4) is 5.88 Å². The maximum atomic E-state index is 6.16. The molecule has 0 radical (unpaired) electrons. The average Bonchev–Trinajstić information content (AvgIpc) is 2.51. The molecule has 6 nitrogen and oxygen atoms in total. The van der Waals surface area contributed by atoms with Crippen molar-refractivity contribution in [3.05, 3.63) is 5.82 Å². The minimum Gasteiger partial charge on any atom is -0.476 e. The first-order chi connectivity index (χ1) is 10.6. The van der Waals surface area contributed by atoms with Gasteiger partial charge >= 0.3 is 0 Å². The lowest BCUT2D eigenvalue weighted by atomic mass is 9.88. The Bertz CT molecular complexity index is 472. The summed E-state index contributed by atoms with van der Waals surface area (Å²) in [6.07, 6.45) is 6.15. The molecule has 124 valence electrons. The maximum Gasteiger partial charge on any atom is 0.242 e. The van der Waals surface area contributed by atoms with Gasteiger partial charge in [0.15, 0.2) is 5.82 Å². The van der Waals surface area contributed by atoms with E-state index in [1.807, 2.05) is 21.0 Å². The molecule has 0 spiro atoms. The van der Waals surface area contributed by atoms with Gasteiger partial charge in [-0.1, -0.05) is 19.3 Å². The fourth-order valence-electron chi connectivity index (χ4n) is 2.79. The lowest BCUT2D eigenvalue weighted by Crippen LogP contribution is -2.22. The highest BCUT2D eigenvalue weighted by Crippen LogP contribution is 2.34. The number of aromatic nitrogens is 2. The summed E-state index contributed by atoms with van der Waals surface area (Å²) in [7, 11) is 4.09. The zero-order chi connectivity index (χ0) is 15.9. The largest absolute Gasteiger partial charge is 0.476 e. The first kappa shape index (κ1) is 16.8. The van der Waals surface area contributed by atoms with Crippen LogP contribution >= 0.6 is 0 Å². The van der Waals surface area contributed by atoms with E-state index in [1.54, 1.807) is 0 Å². The Balaban J connectivity index is 2.19. The van der Waals surface area contributed by atoms with Crippen LogP contribution in [0.25, 0.3) is 0 Å². The van der Waals surface area contributed by atoms with Crippen molar-refractivity contribution in [2.24, 2.45) is 0 Å². The van der Waals surface area contributed by atoms with Crippen LogP contribution in [0.5, 0.6) is 5.88 Å². The molecule has 1 aliphatic carbocycles. The molecule has 0 atom stereocenters. The number of nitrogens with one attached hydrogen (secondary N) is 1. The Hall–Kier alpha value is -1.56. The third-order valence-corrected chi connectivity index (χ3v) is 4.03. The molecule has 1 fully saturated rings. The zero-order valence-corrected chi connectivity index (χ0v) is 14.1. The summed E-state index contributed by atoms with van der Waals surface area (Å²) in [6.45, 7) is 4.22. The number of nitrogens with two attached hydrogens (primary N) is 1. The van der Waals surface area contributed by atoms with Gasteiger partial charge < -0.3 is 20.7 Å². The molecule has 0 saturated heterocycles. The van der Waals surface area contributed by atoms with Crippen LogP contribution in [-0.2, 0) is 0 Å². The Morgan fingerprint density at radius 2 is 1.95 bits per heavy atom. The van der Waals surface area contributed by atoms with Gasteiger partial charge in [-0.3, -0.25) is 0 Å². The summed E-state index contributed by atoms with van der Waals surface area (Å²) in [5.41, 5.74) is 6.67. The van der Waals surface area contributed by atoms with Crippen LogP contribution in [0.1, 0.15) is 50.8 Å². The van der Waals surface area contributed by atoms with E-state index < -0.39 is 0 Å². The second-order valence-corrected chi connectivity index (χ2v) is 6.15. The first-order valence-corrected chi connectivity index (χ1v) is 8.30. The molecule has 0 aromatic carbocycles. The van der Waals surface area contributed by atoms with Crippen molar-refractivity contribution >= 4 is 11.5 Å². The number of nitrogen functional groups attached to an aromatic ring is 1. The molecule has 1 aromatic heterocycles. The van der Waals surface area contributed by atoms with Gasteiger partial charge in [0.1, 0.15) is 11.5 Å². The van der Waals surface area contributed by atoms with Crippen molar-refractivity contribution < 1.29 is 4.74 Å². The highest BCUT2D eigenvalue weighted by atomic mass is 16.5. The lowest BCUT2D eigenvalue weighted by Gasteiger charge is -2.22. The van der Waals surface area contributed by atoms with Crippen molar-refractivity contribution in [2.75, 3.05) is 44.8 Å². The highest BCUT2D eigenvalue weighted by molar-refractivity contribution is 5.67. The van der Waals surface area contributed by atoms with Crippen LogP contribution in [0, 0.1) is 0 Å². The summed E-state index contributed by atoms with van der Waals surface area (Å²) in [4.78, 5) is 11.4. The molecular formula is C16H29N5O. The molecule has 1 saturated carbocycles. The quantitative estimate of drug-likeness (QED) is 0.806. The summed E-state index contributed by atoms with van der Waals surface area (Å²) in [5, 5.41) is 3.32. The summed E-state index contributed by atoms with van der Waals surface area (Å²) in [5.74, 6) is 2.54. The van der Waals surface area contributed by atoms with E-state index >= 15 is 0 Å². The summed E-state index contributed by atoms with van der Waals surface area (Å²) >= 11 is 0. The van der Waals surface area contributed by atoms with Crippen LogP contribution in [0.15, 0.2) is 0 Å². The van der Waals surface area contributed by atoms with Gasteiger partial charge in [-0.2, -0.15) is 4.98 Å². The van der Waals surface area contributed by atoms with Gasteiger partial charge in [0.05, 0.1) is 6.61 Å². The zero-order valence-electron chi connectivity index (χ0n) is 14.1. The minimum atomic E-state index is 0.433. The third kappa shape index (κ3) is 4.47. The molecule has 3 N–H and O–H groups in total. The average molecular weight is 307 g/mol. The molecule has 1 aromatic rings. The van der Waals surface area contributed by atoms with Gasteiger partial charge in [0.25, 0.3) is 0 Å². The van der Waals surface area contributed by atoms with Crippen LogP contribution < -0.4 is 15.8 Å². The Labute approximate surface area is 133 Å². The van der Waals surface area contributed by atoms with E-state index in [9.17, 15) is 0 Å². The molecule has 0 amide bonds. The number of rotatable bonds is 7. The number of hydrogen-bond donors (Lipinski definition) is 2. The Morgan fingerprint density at radius 1 is 1.23 bits per heavy atom. The number of hydrogen-bond acceptors (Lipinski definition) is 6. The standard InChI is InChI=1S/C16H29N5O/c1-4-22-16-13(17)15(18-10-11-21(2)3)19-14(20-16)12-8-6-5-7-9-12/h12H,4-11,17H2,1-3H3,(H,18,19,20). The van der Waals surface area contributed by atoms with Gasteiger partial charge in [0, 0.05) is 19.0 Å². The smallest absolute Gasteiger partial charge is 0.242 e. The van der Waals surface area contributed by atoms with Gasteiger partial charge in [-0.05, 0) is 33.9 Å². The van der Waals surface area contributed by atoms with Crippen molar-refractivity contribution in [1.29, 1.82) is 0 Å². The monoisotopic (exact) mass is 307 g/mol. The fourth-order valence-corrected chi connectivity index (χ4v) is 2.79. The lowest BCUT2D eigenvalue weighted by molar-refractivity contribution is 0.324. The second kappa shape index (κ2) is 8.17. The van der Waals surface area contributed by atoms with E-state index in [0.29, 0.717) is 29.9 Å². The van der Waals surface area contributed by atoms with Crippen LogP contribution in [0.2, 0.25) is 0 Å². The molecular weight excluding hydrogens is 278 g/mol. The Morgan fingerprint density at radius 3 is 2.59 bits per heavy atom. The van der Waals surface area contributed by atoms with Gasteiger partial charge in [0.2, 0.25) is 5.88 Å². The number of likely N-dealkylation sites (N-methyl/N-ethyl adjacent to an activating group) is 1. The molecule has 6 heteroatoms. The molecule has 2 rings (SSSR count). The minimum absolute atomic E-state index is 0.433. The number of nitrogens with zero attached hydrogens (tertiary/aromatic N) is 3. The molecule has 0 aliphatic heterocycles. The van der Waals surface area contributed by atoms with Crippen LogP contribution in [-0.4, -0.2) is 48.7 Å². The topological polar surface area (TPSA) is 76.3 Å². The predicted molar refractivity (Wildman–Crippen MR) is 90.5 cm³/mol. The highest BCUT2D eigenvalue weighted by Gasteiger charge is 2.22. The number of ether oxygens (including phenoxy) is 1. The first-order valence-electron chi connectivity index (χ1n) is 8.30.